The van der Waals surface area contributed by atoms with Gasteiger partial charge >= 0.3 is 6.09 Å². The van der Waals surface area contributed by atoms with Crippen molar-refractivity contribution in [3.8, 4) is 10.6 Å². The largest absolute Gasteiger partial charge is 0.444 e. The lowest BCUT2D eigenvalue weighted by Crippen LogP contribution is -2.39. The number of fused-ring (bicyclic) bond motifs is 1. The summed E-state index contributed by atoms with van der Waals surface area (Å²) >= 11 is 2.93. The van der Waals surface area contributed by atoms with E-state index >= 15 is 0 Å². The SMILES string of the molecule is CC(C)(C)OC(=O)N1CCc2nc(NC(=O)Cc3csc(-c4ccccc4)n3)sc2C1. The van der Waals surface area contributed by atoms with E-state index in [4.69, 9.17) is 4.74 Å². The Morgan fingerprint density at radius 1 is 1.19 bits per heavy atom. The summed E-state index contributed by atoms with van der Waals surface area (Å²) in [6, 6.07) is 9.91. The first-order valence-corrected chi connectivity index (χ1v) is 11.7. The van der Waals surface area contributed by atoms with Crippen LogP contribution in [-0.2, 0) is 28.9 Å². The monoisotopic (exact) mass is 456 g/mol. The molecule has 0 saturated carbocycles. The number of hydrogen-bond acceptors (Lipinski definition) is 7. The molecule has 1 aliphatic heterocycles. The molecule has 162 valence electrons. The van der Waals surface area contributed by atoms with Crippen molar-refractivity contribution in [2.75, 3.05) is 11.9 Å². The van der Waals surface area contributed by atoms with E-state index in [1.807, 2.05) is 56.5 Å². The summed E-state index contributed by atoms with van der Waals surface area (Å²) in [6.45, 7) is 6.56. The molecule has 0 atom stereocenters. The molecule has 0 spiro atoms. The zero-order valence-corrected chi connectivity index (χ0v) is 19.3. The summed E-state index contributed by atoms with van der Waals surface area (Å²) in [5, 5.41) is 6.24. The predicted molar refractivity (Wildman–Crippen MR) is 122 cm³/mol. The number of thiazole rings is 2. The molecule has 0 unspecified atom stereocenters. The standard InChI is InChI=1S/C22H24N4O3S2/c1-22(2,3)29-21(28)26-10-9-16-17(12-26)31-20(24-16)25-18(27)11-15-13-30-19(23-15)14-7-5-4-6-8-14/h4-8,13H,9-12H2,1-3H3,(H,24,25,27). The van der Waals surface area contributed by atoms with Crippen molar-refractivity contribution in [3.05, 3.63) is 52.0 Å². The third-order valence-corrected chi connectivity index (χ3v) is 6.48. The first-order valence-electron chi connectivity index (χ1n) is 10.0. The molecule has 3 heterocycles. The van der Waals surface area contributed by atoms with Gasteiger partial charge in [0.1, 0.15) is 10.6 Å². The van der Waals surface area contributed by atoms with E-state index < -0.39 is 5.60 Å². The maximum atomic E-state index is 12.5. The molecule has 0 bridgehead atoms. The van der Waals surface area contributed by atoms with Gasteiger partial charge in [-0.3, -0.25) is 4.79 Å². The number of ether oxygens (including phenoxy) is 1. The van der Waals surface area contributed by atoms with E-state index in [2.05, 4.69) is 15.3 Å². The van der Waals surface area contributed by atoms with Crippen molar-refractivity contribution in [2.24, 2.45) is 0 Å². The van der Waals surface area contributed by atoms with Crippen molar-refractivity contribution in [1.82, 2.24) is 14.9 Å². The molecule has 0 fully saturated rings. The van der Waals surface area contributed by atoms with Crippen LogP contribution in [-0.4, -0.2) is 39.0 Å². The lowest BCUT2D eigenvalue weighted by atomic mass is 10.2. The normalized spacial score (nSPS) is 13.6. The Morgan fingerprint density at radius 2 is 1.97 bits per heavy atom. The average Bonchev–Trinajstić information content (AvgIpc) is 3.33. The zero-order chi connectivity index (χ0) is 22.0. The second kappa shape index (κ2) is 8.76. The highest BCUT2D eigenvalue weighted by atomic mass is 32.1. The minimum absolute atomic E-state index is 0.153. The molecule has 1 aromatic carbocycles. The number of carbonyl (C=O) groups is 2. The van der Waals surface area contributed by atoms with Gasteiger partial charge in [-0.1, -0.05) is 41.7 Å². The van der Waals surface area contributed by atoms with E-state index in [-0.39, 0.29) is 18.4 Å². The van der Waals surface area contributed by atoms with Crippen molar-refractivity contribution < 1.29 is 14.3 Å². The van der Waals surface area contributed by atoms with Gasteiger partial charge in [0.05, 0.1) is 24.4 Å². The Morgan fingerprint density at radius 3 is 2.71 bits per heavy atom. The van der Waals surface area contributed by atoms with Gasteiger partial charge in [0, 0.05) is 28.8 Å². The molecule has 9 heteroatoms. The number of carbonyl (C=O) groups excluding carboxylic acids is 2. The Bertz CT molecular complexity index is 1090. The molecule has 2 amide bonds. The summed E-state index contributed by atoms with van der Waals surface area (Å²) in [5.41, 5.74) is 2.18. The van der Waals surface area contributed by atoms with Gasteiger partial charge < -0.3 is 15.0 Å². The van der Waals surface area contributed by atoms with Gasteiger partial charge in [0.25, 0.3) is 0 Å². The van der Waals surface area contributed by atoms with Crippen molar-refractivity contribution in [3.63, 3.8) is 0 Å². The lowest BCUT2D eigenvalue weighted by molar-refractivity contribution is -0.115. The molecule has 0 saturated heterocycles. The molecule has 1 aliphatic rings. The van der Waals surface area contributed by atoms with Crippen molar-refractivity contribution in [2.45, 2.75) is 45.8 Å². The van der Waals surface area contributed by atoms with E-state index in [0.717, 1.165) is 26.8 Å². The van der Waals surface area contributed by atoms with Gasteiger partial charge in [-0.25, -0.2) is 14.8 Å². The molecule has 31 heavy (non-hydrogen) atoms. The van der Waals surface area contributed by atoms with Crippen LogP contribution >= 0.6 is 22.7 Å². The zero-order valence-electron chi connectivity index (χ0n) is 17.7. The third-order valence-electron chi connectivity index (χ3n) is 4.54. The molecule has 0 radical (unpaired) electrons. The van der Waals surface area contributed by atoms with E-state index in [9.17, 15) is 9.59 Å². The van der Waals surface area contributed by atoms with Gasteiger partial charge in [-0.05, 0) is 20.8 Å². The van der Waals surface area contributed by atoms with Gasteiger partial charge in [0.15, 0.2) is 5.13 Å². The smallest absolute Gasteiger partial charge is 0.410 e. The highest BCUT2D eigenvalue weighted by Crippen LogP contribution is 2.29. The van der Waals surface area contributed by atoms with Crippen molar-refractivity contribution in [1.29, 1.82) is 0 Å². The fourth-order valence-electron chi connectivity index (χ4n) is 3.16. The third kappa shape index (κ3) is 5.48. The van der Waals surface area contributed by atoms with Crippen LogP contribution in [0.15, 0.2) is 35.7 Å². The molecule has 7 nitrogen and oxygen atoms in total. The lowest BCUT2D eigenvalue weighted by Gasteiger charge is -2.29. The minimum atomic E-state index is -0.528. The second-order valence-electron chi connectivity index (χ2n) is 8.28. The Balaban J connectivity index is 1.35. The Kier molecular flexibility index (Phi) is 6.06. The molecule has 4 rings (SSSR count). The molecular formula is C22H24N4O3S2. The maximum Gasteiger partial charge on any atom is 0.410 e. The predicted octanol–water partition coefficient (Wildman–Crippen LogP) is 4.74. The summed E-state index contributed by atoms with van der Waals surface area (Å²) in [6.07, 6.45) is 0.514. The molecular weight excluding hydrogens is 432 g/mol. The van der Waals surface area contributed by atoms with Crippen LogP contribution in [0.1, 0.15) is 37.0 Å². The number of benzene rings is 1. The van der Waals surface area contributed by atoms with Crippen LogP contribution < -0.4 is 5.32 Å². The summed E-state index contributed by atoms with van der Waals surface area (Å²) < 4.78 is 5.46. The number of nitrogens with one attached hydrogen (secondary N) is 1. The van der Waals surface area contributed by atoms with E-state index in [1.54, 1.807) is 4.90 Å². The highest BCUT2D eigenvalue weighted by molar-refractivity contribution is 7.16. The van der Waals surface area contributed by atoms with E-state index in [1.165, 1.54) is 22.7 Å². The quantitative estimate of drug-likeness (QED) is 0.613. The fourth-order valence-corrected chi connectivity index (χ4v) is 5.03. The van der Waals surface area contributed by atoms with Crippen LogP contribution in [0.3, 0.4) is 0 Å². The first-order chi connectivity index (χ1) is 14.8. The summed E-state index contributed by atoms with van der Waals surface area (Å²) in [7, 11) is 0. The van der Waals surface area contributed by atoms with E-state index in [0.29, 0.717) is 24.6 Å². The number of aromatic nitrogens is 2. The van der Waals surface area contributed by atoms with Crippen LogP contribution in [0.5, 0.6) is 0 Å². The highest BCUT2D eigenvalue weighted by Gasteiger charge is 2.28. The maximum absolute atomic E-state index is 12.5. The van der Waals surface area contributed by atoms with Crippen LogP contribution in [0.2, 0.25) is 0 Å². The van der Waals surface area contributed by atoms with Crippen molar-refractivity contribution >= 4 is 39.8 Å². The van der Waals surface area contributed by atoms with Crippen LogP contribution in [0.25, 0.3) is 10.6 Å². The minimum Gasteiger partial charge on any atom is -0.444 e. The summed E-state index contributed by atoms with van der Waals surface area (Å²) in [4.78, 5) is 36.6. The van der Waals surface area contributed by atoms with Gasteiger partial charge in [-0.2, -0.15) is 0 Å². The van der Waals surface area contributed by atoms with Crippen LogP contribution in [0, 0.1) is 0 Å². The number of rotatable bonds is 4. The molecule has 3 aromatic rings. The number of amides is 2. The second-order valence-corrected chi connectivity index (χ2v) is 10.2. The topological polar surface area (TPSA) is 84.4 Å². The average molecular weight is 457 g/mol. The van der Waals surface area contributed by atoms with Crippen LogP contribution in [0.4, 0.5) is 9.93 Å². The first kappa shape index (κ1) is 21.5. The molecule has 0 aliphatic carbocycles. The fraction of sp³-hybridized carbons (Fsp3) is 0.364. The number of nitrogens with zero attached hydrogens (tertiary/aromatic N) is 3. The summed E-state index contributed by atoms with van der Waals surface area (Å²) in [5.74, 6) is -0.153. The van der Waals surface area contributed by atoms with Gasteiger partial charge in [0.2, 0.25) is 5.91 Å². The number of hydrogen-bond donors (Lipinski definition) is 1. The molecule has 1 N–H and O–H groups in total. The Hall–Kier alpha value is -2.78. The molecule has 2 aromatic heterocycles. The number of anilines is 1. The van der Waals surface area contributed by atoms with Gasteiger partial charge in [-0.15, -0.1) is 11.3 Å². The Labute approximate surface area is 189 Å².